The molecule has 0 saturated carbocycles. The monoisotopic (exact) mass is 342 g/mol. The van der Waals surface area contributed by atoms with Gasteiger partial charge in [-0.3, -0.25) is 4.79 Å². The van der Waals surface area contributed by atoms with Gasteiger partial charge in [-0.2, -0.15) is 0 Å². The summed E-state index contributed by atoms with van der Waals surface area (Å²) in [5, 5.41) is 1.17. The molecule has 2 heterocycles. The van der Waals surface area contributed by atoms with E-state index >= 15 is 0 Å². The summed E-state index contributed by atoms with van der Waals surface area (Å²) < 4.78 is 0. The third-order valence-electron chi connectivity index (χ3n) is 5.20. The van der Waals surface area contributed by atoms with Crippen LogP contribution in [0.1, 0.15) is 31.2 Å². The lowest BCUT2D eigenvalue weighted by Crippen LogP contribution is -2.11. The van der Waals surface area contributed by atoms with Crippen LogP contribution >= 0.6 is 0 Å². The molecule has 3 nitrogen and oxygen atoms in total. The standard InChI is InChI=1S/C23H22N2O/c1-2-19(26)14-16-7-6-10-18(13-16)20-11-12-24-23-22(20)21(15-25-23)17-8-4-3-5-9-17/h2-5,8-12,15-16H,1,6-7,13-14H2,(H,24,25). The van der Waals surface area contributed by atoms with Crippen molar-refractivity contribution in [2.75, 3.05) is 0 Å². The van der Waals surface area contributed by atoms with Gasteiger partial charge in [0.05, 0.1) is 0 Å². The number of nitrogens with one attached hydrogen (secondary N) is 1. The Kier molecular flexibility index (Phi) is 4.53. The maximum absolute atomic E-state index is 11.8. The second-order valence-electron chi connectivity index (χ2n) is 6.90. The third-order valence-corrected chi connectivity index (χ3v) is 5.20. The Labute approximate surface area is 153 Å². The van der Waals surface area contributed by atoms with Crippen molar-refractivity contribution < 1.29 is 4.79 Å². The van der Waals surface area contributed by atoms with E-state index in [2.05, 4.69) is 53.0 Å². The number of benzene rings is 1. The number of carbonyl (C=O) groups is 1. The normalized spacial score (nSPS) is 17.1. The van der Waals surface area contributed by atoms with Crippen LogP contribution in [0, 0.1) is 5.92 Å². The highest BCUT2D eigenvalue weighted by Gasteiger charge is 2.21. The first-order chi connectivity index (χ1) is 12.8. The molecular formula is C23H22N2O. The number of aromatic nitrogens is 2. The van der Waals surface area contributed by atoms with Crippen molar-refractivity contribution in [3.63, 3.8) is 0 Å². The quantitative estimate of drug-likeness (QED) is 0.617. The minimum atomic E-state index is 0.141. The van der Waals surface area contributed by atoms with Gasteiger partial charge in [0.1, 0.15) is 5.65 Å². The summed E-state index contributed by atoms with van der Waals surface area (Å²) in [6.45, 7) is 3.61. The number of H-pyrrole nitrogens is 1. The predicted molar refractivity (Wildman–Crippen MR) is 107 cm³/mol. The molecule has 1 atom stereocenters. The third kappa shape index (κ3) is 3.13. The Bertz CT molecular complexity index is 982. The van der Waals surface area contributed by atoms with Crippen molar-refractivity contribution in [3.8, 4) is 11.1 Å². The molecule has 1 unspecified atom stereocenters. The molecule has 0 radical (unpaired) electrons. The highest BCUT2D eigenvalue weighted by atomic mass is 16.1. The molecule has 0 fully saturated rings. The second kappa shape index (κ2) is 7.12. The Morgan fingerprint density at radius 3 is 2.88 bits per heavy atom. The van der Waals surface area contributed by atoms with E-state index in [4.69, 9.17) is 0 Å². The van der Waals surface area contributed by atoms with Gasteiger partial charge in [0.25, 0.3) is 0 Å². The first kappa shape index (κ1) is 16.5. The summed E-state index contributed by atoms with van der Waals surface area (Å²) in [5.74, 6) is 0.533. The number of aromatic amines is 1. The van der Waals surface area contributed by atoms with Gasteiger partial charge < -0.3 is 4.98 Å². The number of fused-ring (bicyclic) bond motifs is 1. The molecule has 130 valence electrons. The zero-order valence-electron chi connectivity index (χ0n) is 14.7. The number of allylic oxidation sites excluding steroid dienone is 3. The molecule has 1 aliphatic rings. The number of nitrogens with zero attached hydrogens (tertiary/aromatic N) is 1. The largest absolute Gasteiger partial charge is 0.345 e. The molecule has 3 aromatic rings. The van der Waals surface area contributed by atoms with Gasteiger partial charge in [-0.1, -0.05) is 43.0 Å². The van der Waals surface area contributed by atoms with E-state index < -0.39 is 0 Å². The number of rotatable bonds is 5. The number of hydrogen-bond acceptors (Lipinski definition) is 2. The minimum absolute atomic E-state index is 0.141. The Hall–Kier alpha value is -2.94. The van der Waals surface area contributed by atoms with Crippen LogP contribution in [0.2, 0.25) is 0 Å². The maximum atomic E-state index is 11.8. The lowest BCUT2D eigenvalue weighted by atomic mass is 9.82. The summed E-state index contributed by atoms with van der Waals surface area (Å²) in [4.78, 5) is 19.6. The Balaban J connectivity index is 1.75. The molecule has 1 aromatic carbocycles. The fraction of sp³-hybridized carbons (Fsp3) is 0.217. The lowest BCUT2D eigenvalue weighted by molar-refractivity contribution is -0.115. The first-order valence-electron chi connectivity index (χ1n) is 9.12. The number of hydrogen-bond donors (Lipinski definition) is 1. The number of pyridine rings is 1. The molecule has 4 rings (SSSR count). The summed E-state index contributed by atoms with van der Waals surface area (Å²) in [7, 11) is 0. The molecule has 2 aromatic heterocycles. The summed E-state index contributed by atoms with van der Waals surface area (Å²) in [5.41, 5.74) is 5.82. The molecular weight excluding hydrogens is 320 g/mol. The predicted octanol–water partition coefficient (Wildman–Crippen LogP) is 5.56. The fourth-order valence-electron chi connectivity index (χ4n) is 3.92. The van der Waals surface area contributed by atoms with Crippen molar-refractivity contribution in [1.82, 2.24) is 9.97 Å². The molecule has 0 saturated heterocycles. The highest BCUT2D eigenvalue weighted by Crippen LogP contribution is 2.39. The average molecular weight is 342 g/mol. The number of carbonyl (C=O) groups excluding carboxylic acids is 1. The number of ketones is 1. The van der Waals surface area contributed by atoms with Crippen molar-refractivity contribution in [1.29, 1.82) is 0 Å². The molecule has 0 amide bonds. The van der Waals surface area contributed by atoms with Crippen LogP contribution in [0.25, 0.3) is 27.7 Å². The van der Waals surface area contributed by atoms with E-state index in [1.807, 2.05) is 18.5 Å². The van der Waals surface area contributed by atoms with Crippen molar-refractivity contribution >= 4 is 22.4 Å². The topological polar surface area (TPSA) is 45.8 Å². The molecule has 3 heteroatoms. The van der Waals surface area contributed by atoms with E-state index in [1.165, 1.54) is 33.7 Å². The Morgan fingerprint density at radius 2 is 2.08 bits per heavy atom. The van der Waals surface area contributed by atoms with Crippen molar-refractivity contribution in [2.45, 2.75) is 25.7 Å². The van der Waals surface area contributed by atoms with Gasteiger partial charge in [0.15, 0.2) is 5.78 Å². The van der Waals surface area contributed by atoms with E-state index in [1.54, 1.807) is 0 Å². The van der Waals surface area contributed by atoms with Gasteiger partial charge in [0, 0.05) is 29.8 Å². The second-order valence-corrected chi connectivity index (χ2v) is 6.90. The van der Waals surface area contributed by atoms with Gasteiger partial charge in [-0.05, 0) is 54.0 Å². The maximum Gasteiger partial charge on any atom is 0.155 e. The van der Waals surface area contributed by atoms with Crippen LogP contribution in [-0.2, 0) is 4.79 Å². The Morgan fingerprint density at radius 1 is 1.23 bits per heavy atom. The molecule has 0 bridgehead atoms. The smallest absolute Gasteiger partial charge is 0.155 e. The van der Waals surface area contributed by atoms with Crippen molar-refractivity contribution in [2.24, 2.45) is 5.92 Å². The van der Waals surface area contributed by atoms with E-state index in [-0.39, 0.29) is 5.78 Å². The molecule has 0 spiro atoms. The fourth-order valence-corrected chi connectivity index (χ4v) is 3.92. The first-order valence-corrected chi connectivity index (χ1v) is 9.12. The average Bonchev–Trinajstić information content (AvgIpc) is 3.13. The summed E-state index contributed by atoms with van der Waals surface area (Å²) >= 11 is 0. The van der Waals surface area contributed by atoms with Gasteiger partial charge in [-0.15, -0.1) is 0 Å². The summed E-state index contributed by atoms with van der Waals surface area (Å²) in [6, 6.07) is 12.5. The van der Waals surface area contributed by atoms with E-state index in [0.717, 1.165) is 24.9 Å². The zero-order valence-corrected chi connectivity index (χ0v) is 14.7. The van der Waals surface area contributed by atoms with Crippen LogP contribution < -0.4 is 0 Å². The van der Waals surface area contributed by atoms with Crippen LogP contribution in [-0.4, -0.2) is 15.8 Å². The zero-order chi connectivity index (χ0) is 17.9. The van der Waals surface area contributed by atoms with Crippen LogP contribution in [0.4, 0.5) is 0 Å². The molecule has 0 aliphatic heterocycles. The van der Waals surface area contributed by atoms with Crippen LogP contribution in [0.3, 0.4) is 0 Å². The minimum Gasteiger partial charge on any atom is -0.345 e. The lowest BCUT2D eigenvalue weighted by Gasteiger charge is -2.22. The van der Waals surface area contributed by atoms with Gasteiger partial charge in [-0.25, -0.2) is 4.98 Å². The van der Waals surface area contributed by atoms with Crippen molar-refractivity contribution in [3.05, 3.63) is 73.1 Å². The summed E-state index contributed by atoms with van der Waals surface area (Å²) in [6.07, 6.45) is 11.3. The van der Waals surface area contributed by atoms with Gasteiger partial charge >= 0.3 is 0 Å². The SMILES string of the molecule is C=CC(=O)CC1CCC=C(c2ccnc3[nH]cc(-c4ccccc4)c23)C1. The molecule has 1 N–H and O–H groups in total. The highest BCUT2D eigenvalue weighted by molar-refractivity contribution is 6.01. The van der Waals surface area contributed by atoms with E-state index in [0.29, 0.717) is 12.3 Å². The van der Waals surface area contributed by atoms with Gasteiger partial charge in [0.2, 0.25) is 0 Å². The molecule has 26 heavy (non-hydrogen) atoms. The van der Waals surface area contributed by atoms with Crippen LogP contribution in [0.15, 0.2) is 67.5 Å². The van der Waals surface area contributed by atoms with Crippen LogP contribution in [0.5, 0.6) is 0 Å². The van der Waals surface area contributed by atoms with E-state index in [9.17, 15) is 4.79 Å². The molecule has 1 aliphatic carbocycles.